The van der Waals surface area contributed by atoms with Crippen LogP contribution in [0.25, 0.3) is 0 Å². The maximum Gasteiger partial charge on any atom is 0.416 e. The molecule has 1 saturated carbocycles. The van der Waals surface area contributed by atoms with Gasteiger partial charge >= 0.3 is 12.4 Å². The van der Waals surface area contributed by atoms with E-state index in [0.29, 0.717) is 0 Å². The molecule has 1 aromatic rings. The van der Waals surface area contributed by atoms with E-state index in [2.05, 4.69) is 0 Å². The Hall–Kier alpha value is -1.24. The molecule has 1 fully saturated rings. The largest absolute Gasteiger partial charge is 0.416 e. The van der Waals surface area contributed by atoms with E-state index in [1.807, 2.05) is 0 Å². The van der Waals surface area contributed by atoms with Crippen molar-refractivity contribution >= 4 is 0 Å². The summed E-state index contributed by atoms with van der Waals surface area (Å²) < 4.78 is 77.0. The SMILES string of the molecule is N[C@@H](c1cc(C(F)(F)F)cc(C(F)(F)F)c1)C1CCCCC1. The fourth-order valence-corrected chi connectivity index (χ4v) is 2.94. The molecule has 1 atom stereocenters. The van der Waals surface area contributed by atoms with E-state index in [4.69, 9.17) is 5.73 Å². The van der Waals surface area contributed by atoms with E-state index < -0.39 is 29.5 Å². The topological polar surface area (TPSA) is 26.0 Å². The molecule has 2 rings (SSSR count). The highest BCUT2D eigenvalue weighted by molar-refractivity contribution is 5.35. The average molecular weight is 325 g/mol. The Morgan fingerprint density at radius 2 is 1.27 bits per heavy atom. The molecule has 0 spiro atoms. The van der Waals surface area contributed by atoms with Crippen LogP contribution in [0, 0.1) is 5.92 Å². The van der Waals surface area contributed by atoms with Gasteiger partial charge in [-0.1, -0.05) is 19.3 Å². The van der Waals surface area contributed by atoms with Crippen LogP contribution in [0.15, 0.2) is 18.2 Å². The van der Waals surface area contributed by atoms with Crippen LogP contribution in [0.2, 0.25) is 0 Å². The van der Waals surface area contributed by atoms with E-state index in [1.165, 1.54) is 0 Å². The van der Waals surface area contributed by atoms with Crippen molar-refractivity contribution < 1.29 is 26.3 Å². The summed E-state index contributed by atoms with van der Waals surface area (Å²) in [5, 5.41) is 0. The van der Waals surface area contributed by atoms with Crippen molar-refractivity contribution in [3.63, 3.8) is 0 Å². The van der Waals surface area contributed by atoms with Gasteiger partial charge in [-0.15, -0.1) is 0 Å². The van der Waals surface area contributed by atoms with Gasteiger partial charge in [0.25, 0.3) is 0 Å². The lowest BCUT2D eigenvalue weighted by molar-refractivity contribution is -0.143. The van der Waals surface area contributed by atoms with Crippen molar-refractivity contribution in [2.45, 2.75) is 50.5 Å². The first-order valence-corrected chi connectivity index (χ1v) is 7.14. The highest BCUT2D eigenvalue weighted by Crippen LogP contribution is 2.40. The second-order valence-electron chi connectivity index (χ2n) is 5.76. The molecule has 0 saturated heterocycles. The molecule has 0 radical (unpaired) electrons. The zero-order valence-electron chi connectivity index (χ0n) is 11.8. The summed E-state index contributed by atoms with van der Waals surface area (Å²) in [5.74, 6) is -0.0710. The normalized spacial score (nSPS) is 19.2. The maximum atomic E-state index is 12.8. The van der Waals surface area contributed by atoms with Crippen molar-refractivity contribution in [2.75, 3.05) is 0 Å². The summed E-state index contributed by atoms with van der Waals surface area (Å²) in [7, 11) is 0. The number of hydrogen-bond donors (Lipinski definition) is 1. The fourth-order valence-electron chi connectivity index (χ4n) is 2.94. The number of benzene rings is 1. The van der Waals surface area contributed by atoms with Crippen LogP contribution in [0.3, 0.4) is 0 Å². The van der Waals surface area contributed by atoms with Crippen molar-refractivity contribution in [3.8, 4) is 0 Å². The lowest BCUT2D eigenvalue weighted by Gasteiger charge is -2.28. The minimum absolute atomic E-state index is 0.0710. The lowest BCUT2D eigenvalue weighted by Crippen LogP contribution is -2.24. The second kappa shape index (κ2) is 6.10. The summed E-state index contributed by atoms with van der Waals surface area (Å²) in [5.41, 5.74) is 3.27. The molecule has 0 heterocycles. The molecular weight excluding hydrogens is 308 g/mol. The zero-order valence-corrected chi connectivity index (χ0v) is 11.8. The van der Waals surface area contributed by atoms with E-state index in [9.17, 15) is 26.3 Å². The molecule has 0 aliphatic heterocycles. The Labute approximate surface area is 124 Å². The predicted molar refractivity (Wildman–Crippen MR) is 69.9 cm³/mol. The van der Waals surface area contributed by atoms with Crippen molar-refractivity contribution in [1.29, 1.82) is 0 Å². The van der Waals surface area contributed by atoms with Crippen LogP contribution in [-0.2, 0) is 12.4 Å². The minimum atomic E-state index is -4.83. The molecule has 124 valence electrons. The standard InChI is InChI=1S/C15H17F6N/c16-14(17,18)11-6-10(7-12(8-11)15(19,20)21)13(22)9-4-2-1-3-5-9/h6-9,13H,1-5,22H2/t13-/m1/s1. The van der Waals surface area contributed by atoms with Crippen molar-refractivity contribution in [3.05, 3.63) is 34.9 Å². The average Bonchev–Trinajstić information content (AvgIpc) is 2.45. The van der Waals surface area contributed by atoms with Gasteiger partial charge in [-0.2, -0.15) is 26.3 Å². The third-order valence-corrected chi connectivity index (χ3v) is 4.15. The molecule has 22 heavy (non-hydrogen) atoms. The highest BCUT2D eigenvalue weighted by Gasteiger charge is 2.37. The smallest absolute Gasteiger partial charge is 0.324 e. The lowest BCUT2D eigenvalue weighted by atomic mass is 9.81. The first-order valence-electron chi connectivity index (χ1n) is 7.14. The first-order chi connectivity index (χ1) is 10.1. The van der Waals surface area contributed by atoms with E-state index in [-0.39, 0.29) is 17.5 Å². The summed E-state index contributed by atoms with van der Waals surface area (Å²) in [6.07, 6.45) is -5.35. The van der Waals surface area contributed by atoms with Gasteiger partial charge in [-0.25, -0.2) is 0 Å². The van der Waals surface area contributed by atoms with Gasteiger partial charge in [-0.05, 0) is 42.5 Å². The molecule has 0 bridgehead atoms. The van der Waals surface area contributed by atoms with Crippen LogP contribution in [0.1, 0.15) is 54.8 Å². The van der Waals surface area contributed by atoms with Gasteiger partial charge in [0.1, 0.15) is 0 Å². The number of halogens is 6. The third kappa shape index (κ3) is 3.94. The Morgan fingerprint density at radius 3 is 1.68 bits per heavy atom. The van der Waals surface area contributed by atoms with Gasteiger partial charge < -0.3 is 5.73 Å². The second-order valence-corrected chi connectivity index (χ2v) is 5.76. The van der Waals surface area contributed by atoms with Gasteiger partial charge in [0, 0.05) is 6.04 Å². The Balaban J connectivity index is 2.41. The molecule has 7 heteroatoms. The first kappa shape index (κ1) is 17.1. The van der Waals surface area contributed by atoms with Gasteiger partial charge in [0.15, 0.2) is 0 Å². The van der Waals surface area contributed by atoms with Crippen LogP contribution in [0.4, 0.5) is 26.3 Å². The Bertz CT molecular complexity index is 481. The summed E-state index contributed by atoms with van der Waals surface area (Å²) in [4.78, 5) is 0. The summed E-state index contributed by atoms with van der Waals surface area (Å²) in [6.45, 7) is 0. The van der Waals surface area contributed by atoms with Crippen LogP contribution < -0.4 is 5.73 Å². The quantitative estimate of drug-likeness (QED) is 0.733. The summed E-state index contributed by atoms with van der Waals surface area (Å²) >= 11 is 0. The van der Waals surface area contributed by atoms with E-state index in [0.717, 1.165) is 44.2 Å². The van der Waals surface area contributed by atoms with Crippen molar-refractivity contribution in [1.82, 2.24) is 0 Å². The molecule has 1 aliphatic carbocycles. The van der Waals surface area contributed by atoms with Gasteiger partial charge in [-0.3, -0.25) is 0 Å². The molecule has 1 nitrogen and oxygen atoms in total. The molecular formula is C15H17F6N. The van der Waals surface area contributed by atoms with Gasteiger partial charge in [0.2, 0.25) is 0 Å². The molecule has 0 amide bonds. The molecule has 0 aromatic heterocycles. The highest BCUT2D eigenvalue weighted by atomic mass is 19.4. The number of nitrogens with two attached hydrogens (primary N) is 1. The van der Waals surface area contributed by atoms with E-state index >= 15 is 0 Å². The van der Waals surface area contributed by atoms with Crippen LogP contribution in [0.5, 0.6) is 0 Å². The summed E-state index contributed by atoms with van der Waals surface area (Å²) in [6, 6.07) is 0.823. The Morgan fingerprint density at radius 1 is 0.818 bits per heavy atom. The monoisotopic (exact) mass is 325 g/mol. The number of hydrogen-bond acceptors (Lipinski definition) is 1. The van der Waals surface area contributed by atoms with Crippen LogP contribution in [-0.4, -0.2) is 0 Å². The Kier molecular flexibility index (Phi) is 4.75. The zero-order chi connectivity index (χ0) is 16.5. The van der Waals surface area contributed by atoms with E-state index in [1.54, 1.807) is 0 Å². The minimum Gasteiger partial charge on any atom is -0.324 e. The number of rotatable bonds is 2. The molecule has 0 unspecified atom stereocenters. The van der Waals surface area contributed by atoms with Crippen LogP contribution >= 0.6 is 0 Å². The molecule has 2 N–H and O–H groups in total. The fraction of sp³-hybridized carbons (Fsp3) is 0.600. The number of alkyl halides is 6. The molecule has 1 aliphatic rings. The van der Waals surface area contributed by atoms with Crippen molar-refractivity contribution in [2.24, 2.45) is 11.7 Å². The third-order valence-electron chi connectivity index (χ3n) is 4.15. The van der Waals surface area contributed by atoms with Gasteiger partial charge in [0.05, 0.1) is 11.1 Å². The predicted octanol–water partition coefficient (Wildman–Crippen LogP) is 5.30. The maximum absolute atomic E-state index is 12.8. The molecule has 1 aromatic carbocycles.